The van der Waals surface area contributed by atoms with Crippen LogP contribution in [0.25, 0.3) is 0 Å². The van der Waals surface area contributed by atoms with Gasteiger partial charge in [-0.05, 0) is 37.8 Å². The number of anilines is 1. The molecule has 2 amide bonds. The van der Waals surface area contributed by atoms with Crippen LogP contribution in [0.4, 0.5) is 10.6 Å². The Bertz CT molecular complexity index is 626. The molecule has 1 aromatic rings. The van der Waals surface area contributed by atoms with E-state index < -0.39 is 0 Å². The van der Waals surface area contributed by atoms with Crippen molar-refractivity contribution in [2.45, 2.75) is 26.7 Å². The molecule has 1 aromatic heterocycles. The molecule has 1 unspecified atom stereocenters. The van der Waals surface area contributed by atoms with E-state index >= 15 is 0 Å². The van der Waals surface area contributed by atoms with E-state index in [1.807, 2.05) is 12.1 Å². The number of pyridine rings is 1. The van der Waals surface area contributed by atoms with Crippen molar-refractivity contribution in [1.29, 1.82) is 0 Å². The third kappa shape index (κ3) is 4.26. The van der Waals surface area contributed by atoms with Gasteiger partial charge in [0, 0.05) is 45.5 Å². The van der Waals surface area contributed by atoms with Gasteiger partial charge in [0.2, 0.25) is 0 Å². The Kier molecular flexibility index (Phi) is 5.96. The predicted molar refractivity (Wildman–Crippen MR) is 99.3 cm³/mol. The van der Waals surface area contributed by atoms with Gasteiger partial charge in [-0.25, -0.2) is 9.78 Å². The normalized spacial score (nSPS) is 20.8. The standard InChI is InChI=1S/C19H28N4O3/c1-3-26-19(25)22-11-9-21(10-12-22)18(24)16-6-7-17(20-13-16)23-8-4-5-15(2)14-23/h6-7,13,15H,3-5,8-12,14H2,1-2H3. The number of hydrogen-bond donors (Lipinski definition) is 0. The fourth-order valence-corrected chi connectivity index (χ4v) is 3.59. The smallest absolute Gasteiger partial charge is 0.409 e. The summed E-state index contributed by atoms with van der Waals surface area (Å²) >= 11 is 0. The summed E-state index contributed by atoms with van der Waals surface area (Å²) in [4.78, 5) is 34.6. The molecule has 0 bridgehead atoms. The van der Waals surface area contributed by atoms with Gasteiger partial charge in [-0.2, -0.15) is 0 Å². The predicted octanol–water partition coefficient (Wildman–Crippen LogP) is 2.23. The van der Waals surface area contributed by atoms with Crippen molar-refractivity contribution in [2.24, 2.45) is 5.92 Å². The second-order valence-corrected chi connectivity index (χ2v) is 7.08. The van der Waals surface area contributed by atoms with Crippen molar-refractivity contribution >= 4 is 17.8 Å². The number of piperidine rings is 1. The molecule has 7 nitrogen and oxygen atoms in total. The third-order valence-corrected chi connectivity index (χ3v) is 5.07. The van der Waals surface area contributed by atoms with Crippen molar-refractivity contribution in [3.63, 3.8) is 0 Å². The first kappa shape index (κ1) is 18.5. The summed E-state index contributed by atoms with van der Waals surface area (Å²) in [6, 6.07) is 3.81. The van der Waals surface area contributed by atoms with Gasteiger partial charge in [0.1, 0.15) is 5.82 Å². The van der Waals surface area contributed by atoms with E-state index in [0.717, 1.165) is 18.9 Å². The summed E-state index contributed by atoms with van der Waals surface area (Å²) < 4.78 is 5.01. The quantitative estimate of drug-likeness (QED) is 0.827. The van der Waals surface area contributed by atoms with Crippen LogP contribution in [-0.2, 0) is 4.74 Å². The van der Waals surface area contributed by atoms with Crippen LogP contribution < -0.4 is 4.90 Å². The van der Waals surface area contributed by atoms with Crippen molar-refractivity contribution in [1.82, 2.24) is 14.8 Å². The summed E-state index contributed by atoms with van der Waals surface area (Å²) in [6.45, 7) is 8.51. The largest absolute Gasteiger partial charge is 0.450 e. The molecule has 0 N–H and O–H groups in total. The van der Waals surface area contributed by atoms with Gasteiger partial charge in [-0.15, -0.1) is 0 Å². The van der Waals surface area contributed by atoms with E-state index in [4.69, 9.17) is 4.74 Å². The van der Waals surface area contributed by atoms with Crippen molar-refractivity contribution in [2.75, 3.05) is 50.8 Å². The van der Waals surface area contributed by atoms with Gasteiger partial charge < -0.3 is 19.4 Å². The monoisotopic (exact) mass is 360 g/mol. The lowest BCUT2D eigenvalue weighted by Crippen LogP contribution is -2.50. The number of aromatic nitrogens is 1. The highest BCUT2D eigenvalue weighted by molar-refractivity contribution is 5.94. The number of hydrogen-bond acceptors (Lipinski definition) is 5. The lowest BCUT2D eigenvalue weighted by molar-refractivity contribution is 0.0570. The number of ether oxygens (including phenoxy) is 1. The zero-order valence-electron chi connectivity index (χ0n) is 15.7. The van der Waals surface area contributed by atoms with Gasteiger partial charge in [0.05, 0.1) is 12.2 Å². The molecule has 2 saturated heterocycles. The molecular weight excluding hydrogens is 332 g/mol. The molecule has 7 heteroatoms. The van der Waals surface area contributed by atoms with Crippen LogP contribution >= 0.6 is 0 Å². The third-order valence-electron chi connectivity index (χ3n) is 5.07. The van der Waals surface area contributed by atoms with E-state index in [0.29, 0.717) is 44.3 Å². The number of piperazine rings is 1. The lowest BCUT2D eigenvalue weighted by atomic mass is 10.0. The SMILES string of the molecule is CCOC(=O)N1CCN(C(=O)c2ccc(N3CCCC(C)C3)nc2)CC1. The van der Waals surface area contributed by atoms with Gasteiger partial charge in [0.15, 0.2) is 0 Å². The molecule has 0 aliphatic carbocycles. The molecule has 2 fully saturated rings. The number of nitrogens with zero attached hydrogens (tertiary/aromatic N) is 4. The minimum absolute atomic E-state index is 0.0282. The van der Waals surface area contributed by atoms with Gasteiger partial charge in [-0.1, -0.05) is 6.92 Å². The summed E-state index contributed by atoms with van der Waals surface area (Å²) in [5, 5.41) is 0. The van der Waals surface area contributed by atoms with E-state index in [1.165, 1.54) is 12.8 Å². The fourth-order valence-electron chi connectivity index (χ4n) is 3.59. The van der Waals surface area contributed by atoms with Crippen LogP contribution in [0.3, 0.4) is 0 Å². The molecule has 3 rings (SSSR count). The molecule has 1 atom stereocenters. The highest BCUT2D eigenvalue weighted by Crippen LogP contribution is 2.21. The van der Waals surface area contributed by atoms with Crippen molar-refractivity contribution in [3.8, 4) is 0 Å². The maximum Gasteiger partial charge on any atom is 0.409 e. The average molecular weight is 360 g/mol. The maximum atomic E-state index is 12.7. The molecule has 0 spiro atoms. The lowest BCUT2D eigenvalue weighted by Gasteiger charge is -2.34. The minimum atomic E-state index is -0.304. The van der Waals surface area contributed by atoms with Crippen LogP contribution in [-0.4, -0.2) is 72.7 Å². The second-order valence-electron chi connectivity index (χ2n) is 7.08. The zero-order chi connectivity index (χ0) is 18.5. The van der Waals surface area contributed by atoms with E-state index in [-0.39, 0.29) is 12.0 Å². The summed E-state index contributed by atoms with van der Waals surface area (Å²) in [5.74, 6) is 1.60. The molecule has 3 heterocycles. The highest BCUT2D eigenvalue weighted by atomic mass is 16.6. The van der Waals surface area contributed by atoms with Gasteiger partial charge >= 0.3 is 6.09 Å². The Labute approximate surface area is 154 Å². The Morgan fingerprint density at radius 2 is 1.88 bits per heavy atom. The topological polar surface area (TPSA) is 66.0 Å². The van der Waals surface area contributed by atoms with Crippen molar-refractivity contribution in [3.05, 3.63) is 23.9 Å². The zero-order valence-corrected chi connectivity index (χ0v) is 15.7. The molecule has 0 saturated carbocycles. The highest BCUT2D eigenvalue weighted by Gasteiger charge is 2.26. The van der Waals surface area contributed by atoms with E-state index in [2.05, 4.69) is 16.8 Å². The number of carbonyl (C=O) groups excluding carboxylic acids is 2. The van der Waals surface area contributed by atoms with Crippen LogP contribution in [0.15, 0.2) is 18.3 Å². The Morgan fingerprint density at radius 1 is 1.15 bits per heavy atom. The molecule has 0 radical (unpaired) electrons. The molecule has 0 aromatic carbocycles. The van der Waals surface area contributed by atoms with E-state index in [1.54, 1.807) is 22.9 Å². The number of amides is 2. The van der Waals surface area contributed by atoms with Crippen LogP contribution in [0.2, 0.25) is 0 Å². The molecule has 26 heavy (non-hydrogen) atoms. The minimum Gasteiger partial charge on any atom is -0.450 e. The molecule has 2 aliphatic rings. The fraction of sp³-hybridized carbons (Fsp3) is 0.632. The summed E-state index contributed by atoms with van der Waals surface area (Å²) in [5.41, 5.74) is 0.600. The molecular formula is C19H28N4O3. The molecule has 2 aliphatic heterocycles. The van der Waals surface area contributed by atoms with Crippen LogP contribution in [0, 0.1) is 5.92 Å². The first-order chi connectivity index (χ1) is 12.6. The van der Waals surface area contributed by atoms with Crippen LogP contribution in [0.5, 0.6) is 0 Å². The summed E-state index contributed by atoms with van der Waals surface area (Å²) in [7, 11) is 0. The summed E-state index contributed by atoms with van der Waals surface area (Å²) in [6.07, 6.45) is 3.83. The number of carbonyl (C=O) groups is 2. The Morgan fingerprint density at radius 3 is 2.50 bits per heavy atom. The first-order valence-electron chi connectivity index (χ1n) is 9.50. The maximum absolute atomic E-state index is 12.7. The average Bonchev–Trinajstić information content (AvgIpc) is 2.68. The van der Waals surface area contributed by atoms with Crippen molar-refractivity contribution < 1.29 is 14.3 Å². The Hall–Kier alpha value is -2.31. The Balaban J connectivity index is 1.56. The first-order valence-corrected chi connectivity index (χ1v) is 9.50. The second kappa shape index (κ2) is 8.38. The van der Waals surface area contributed by atoms with E-state index in [9.17, 15) is 9.59 Å². The van der Waals surface area contributed by atoms with Gasteiger partial charge in [-0.3, -0.25) is 4.79 Å². The van der Waals surface area contributed by atoms with Crippen LogP contribution in [0.1, 0.15) is 37.0 Å². The van der Waals surface area contributed by atoms with Gasteiger partial charge in [0.25, 0.3) is 5.91 Å². The number of rotatable bonds is 3. The molecule has 142 valence electrons.